The Morgan fingerprint density at radius 2 is 2.15 bits per heavy atom. The van der Waals surface area contributed by atoms with E-state index in [1.807, 2.05) is 6.92 Å². The van der Waals surface area contributed by atoms with E-state index in [4.69, 9.17) is 4.74 Å². The fraction of sp³-hybridized carbons (Fsp3) is 0.500. The van der Waals surface area contributed by atoms with Gasteiger partial charge in [-0.3, -0.25) is 4.90 Å². The van der Waals surface area contributed by atoms with Crippen molar-refractivity contribution in [2.75, 3.05) is 11.5 Å². The molecule has 1 aromatic carbocycles. The van der Waals surface area contributed by atoms with E-state index in [2.05, 4.69) is 0 Å². The minimum absolute atomic E-state index is 0.0849. The number of rotatable bonds is 1. The Kier molecular flexibility index (Phi) is 3.92. The van der Waals surface area contributed by atoms with Crippen LogP contribution in [0.15, 0.2) is 18.2 Å². The smallest absolute Gasteiger partial charge is 0.416 e. The number of amides is 1. The van der Waals surface area contributed by atoms with Crippen LogP contribution in [0.4, 0.5) is 23.7 Å². The van der Waals surface area contributed by atoms with Crippen LogP contribution in [-0.4, -0.2) is 18.7 Å². The van der Waals surface area contributed by atoms with Gasteiger partial charge in [-0.2, -0.15) is 13.2 Å². The quantitative estimate of drug-likeness (QED) is 0.781. The highest BCUT2D eigenvalue weighted by molar-refractivity contribution is 5.90. The molecule has 1 aromatic rings. The second kappa shape index (κ2) is 5.34. The molecular weight excluding hydrogens is 271 g/mol. The zero-order chi connectivity index (χ0) is 14.9. The molecule has 2 rings (SSSR count). The molecule has 0 bridgehead atoms. The summed E-state index contributed by atoms with van der Waals surface area (Å²) >= 11 is 0. The van der Waals surface area contributed by atoms with Gasteiger partial charge in [-0.1, -0.05) is 0 Å². The number of hydrogen-bond donors (Lipinski definition) is 0. The maximum Gasteiger partial charge on any atom is 0.416 e. The minimum atomic E-state index is -4.37. The van der Waals surface area contributed by atoms with Gasteiger partial charge in [0.1, 0.15) is 0 Å². The fourth-order valence-electron chi connectivity index (χ4n) is 2.40. The fourth-order valence-corrected chi connectivity index (χ4v) is 2.40. The average Bonchev–Trinajstić information content (AvgIpc) is 2.37. The van der Waals surface area contributed by atoms with Crippen LogP contribution in [0.3, 0.4) is 0 Å². The summed E-state index contributed by atoms with van der Waals surface area (Å²) in [6, 6.07) is 3.39. The number of carbonyl (C=O) groups is 1. The Bertz CT molecular complexity index is 514. The summed E-state index contributed by atoms with van der Waals surface area (Å²) in [6.07, 6.45) is -3.74. The van der Waals surface area contributed by atoms with Crippen molar-refractivity contribution < 1.29 is 22.7 Å². The predicted octanol–water partition coefficient (Wildman–Crippen LogP) is 4.00. The molecule has 6 heteroatoms. The zero-order valence-corrected chi connectivity index (χ0v) is 11.3. The normalized spacial score (nSPS) is 18.6. The molecule has 3 nitrogen and oxygen atoms in total. The van der Waals surface area contributed by atoms with Crippen LogP contribution in [0.5, 0.6) is 0 Å². The molecule has 1 heterocycles. The number of hydrogen-bond acceptors (Lipinski definition) is 2. The molecule has 1 aliphatic rings. The van der Waals surface area contributed by atoms with Crippen molar-refractivity contribution in [1.29, 1.82) is 0 Å². The van der Waals surface area contributed by atoms with Gasteiger partial charge >= 0.3 is 12.3 Å². The van der Waals surface area contributed by atoms with Crippen molar-refractivity contribution in [3.8, 4) is 0 Å². The van der Waals surface area contributed by atoms with Gasteiger partial charge in [-0.25, -0.2) is 4.79 Å². The van der Waals surface area contributed by atoms with E-state index in [0.29, 0.717) is 24.1 Å². The summed E-state index contributed by atoms with van der Waals surface area (Å²) in [4.78, 5) is 13.4. The van der Waals surface area contributed by atoms with Gasteiger partial charge in [0.15, 0.2) is 0 Å². The molecule has 110 valence electrons. The van der Waals surface area contributed by atoms with Gasteiger partial charge in [0.25, 0.3) is 0 Å². The van der Waals surface area contributed by atoms with E-state index < -0.39 is 17.8 Å². The lowest BCUT2D eigenvalue weighted by Crippen LogP contribution is -2.42. The highest BCUT2D eigenvalue weighted by Gasteiger charge is 2.34. The molecule has 1 atom stereocenters. The SMILES string of the molecule is CCOC(=O)N1c2ccc(C(F)(F)F)cc2CCC1C. The first-order valence-corrected chi connectivity index (χ1v) is 6.50. The predicted molar refractivity (Wildman–Crippen MR) is 68.7 cm³/mol. The molecular formula is C14H16F3NO2. The Hall–Kier alpha value is -1.72. The highest BCUT2D eigenvalue weighted by atomic mass is 19.4. The monoisotopic (exact) mass is 287 g/mol. The maximum absolute atomic E-state index is 12.7. The summed E-state index contributed by atoms with van der Waals surface area (Å²) in [6.45, 7) is 3.79. The molecule has 0 radical (unpaired) electrons. The summed E-state index contributed by atoms with van der Waals surface area (Å²) in [7, 11) is 0. The summed E-state index contributed by atoms with van der Waals surface area (Å²) in [5.74, 6) is 0. The van der Waals surface area contributed by atoms with E-state index in [1.165, 1.54) is 11.0 Å². The molecule has 0 saturated heterocycles. The lowest BCUT2D eigenvalue weighted by Gasteiger charge is -2.34. The van der Waals surface area contributed by atoms with Crippen molar-refractivity contribution in [3.05, 3.63) is 29.3 Å². The van der Waals surface area contributed by atoms with E-state index in [9.17, 15) is 18.0 Å². The van der Waals surface area contributed by atoms with Gasteiger partial charge in [0.05, 0.1) is 17.9 Å². The first-order chi connectivity index (χ1) is 9.34. The Morgan fingerprint density at radius 1 is 1.45 bits per heavy atom. The van der Waals surface area contributed by atoms with Gasteiger partial charge in [0.2, 0.25) is 0 Å². The van der Waals surface area contributed by atoms with Crippen LogP contribution in [0.1, 0.15) is 31.4 Å². The Morgan fingerprint density at radius 3 is 2.75 bits per heavy atom. The molecule has 0 N–H and O–H groups in total. The van der Waals surface area contributed by atoms with Crippen LogP contribution in [0.2, 0.25) is 0 Å². The molecule has 0 fully saturated rings. The number of ether oxygens (including phenoxy) is 1. The standard InChI is InChI=1S/C14H16F3NO2/c1-3-20-13(19)18-9(2)4-5-10-8-11(14(15,16)17)6-7-12(10)18/h6-9H,3-5H2,1-2H3. The van der Waals surface area contributed by atoms with Crippen LogP contribution in [0, 0.1) is 0 Å². The number of anilines is 1. The number of aryl methyl sites for hydroxylation is 1. The Balaban J connectivity index is 2.39. The average molecular weight is 287 g/mol. The molecule has 1 unspecified atom stereocenters. The lowest BCUT2D eigenvalue weighted by atomic mass is 9.95. The van der Waals surface area contributed by atoms with Crippen LogP contribution >= 0.6 is 0 Å². The van der Waals surface area contributed by atoms with Crippen LogP contribution in [0.25, 0.3) is 0 Å². The molecule has 0 aliphatic carbocycles. The second-order valence-electron chi connectivity index (χ2n) is 4.80. The number of alkyl halides is 3. The summed E-state index contributed by atoms with van der Waals surface area (Å²) < 4.78 is 43.1. The molecule has 0 aromatic heterocycles. The van der Waals surface area contributed by atoms with Gasteiger partial charge in [0, 0.05) is 6.04 Å². The van der Waals surface area contributed by atoms with Crippen molar-refractivity contribution >= 4 is 11.8 Å². The maximum atomic E-state index is 12.7. The van der Waals surface area contributed by atoms with Gasteiger partial charge in [-0.05, 0) is 50.5 Å². The third-order valence-electron chi connectivity index (χ3n) is 3.40. The van der Waals surface area contributed by atoms with Crippen LogP contribution < -0.4 is 4.90 Å². The first kappa shape index (κ1) is 14.7. The van der Waals surface area contributed by atoms with E-state index in [-0.39, 0.29) is 12.6 Å². The van der Waals surface area contributed by atoms with Crippen molar-refractivity contribution in [1.82, 2.24) is 0 Å². The second-order valence-corrected chi connectivity index (χ2v) is 4.80. The highest BCUT2D eigenvalue weighted by Crippen LogP contribution is 2.36. The first-order valence-electron chi connectivity index (χ1n) is 6.50. The summed E-state index contributed by atoms with van der Waals surface area (Å²) in [5.41, 5.74) is 0.357. The third kappa shape index (κ3) is 2.73. The number of halogens is 3. The van der Waals surface area contributed by atoms with Crippen LogP contribution in [-0.2, 0) is 17.3 Å². The Labute approximate surface area is 115 Å². The molecule has 0 spiro atoms. The number of carbonyl (C=O) groups excluding carboxylic acids is 1. The number of nitrogens with zero attached hydrogens (tertiary/aromatic N) is 1. The topological polar surface area (TPSA) is 29.5 Å². The van der Waals surface area contributed by atoms with Crippen molar-refractivity contribution in [2.24, 2.45) is 0 Å². The number of fused-ring (bicyclic) bond motifs is 1. The van der Waals surface area contributed by atoms with E-state index in [1.54, 1.807) is 6.92 Å². The minimum Gasteiger partial charge on any atom is -0.449 e. The molecule has 1 aliphatic heterocycles. The van der Waals surface area contributed by atoms with Crippen molar-refractivity contribution in [2.45, 2.75) is 38.9 Å². The lowest BCUT2D eigenvalue weighted by molar-refractivity contribution is -0.137. The molecule has 1 amide bonds. The zero-order valence-electron chi connectivity index (χ0n) is 11.3. The third-order valence-corrected chi connectivity index (χ3v) is 3.40. The largest absolute Gasteiger partial charge is 0.449 e. The van der Waals surface area contributed by atoms with E-state index >= 15 is 0 Å². The van der Waals surface area contributed by atoms with Gasteiger partial charge in [-0.15, -0.1) is 0 Å². The van der Waals surface area contributed by atoms with Crippen molar-refractivity contribution in [3.63, 3.8) is 0 Å². The molecule has 0 saturated carbocycles. The molecule has 20 heavy (non-hydrogen) atoms. The van der Waals surface area contributed by atoms with Gasteiger partial charge < -0.3 is 4.74 Å². The summed E-state index contributed by atoms with van der Waals surface area (Å²) in [5, 5.41) is 0. The van der Waals surface area contributed by atoms with E-state index in [0.717, 1.165) is 12.1 Å². The number of benzene rings is 1.